The molecule has 0 spiro atoms. The molecule has 1 atom stereocenters. The molecule has 3 rings (SSSR count). The highest BCUT2D eigenvalue weighted by atomic mass is 19.4. The van der Waals surface area contributed by atoms with E-state index in [1.807, 2.05) is 0 Å². The van der Waals surface area contributed by atoms with Crippen LogP contribution in [0.1, 0.15) is 12.5 Å². The number of fused-ring (bicyclic) bond motifs is 1. The molecule has 0 aliphatic carbocycles. The van der Waals surface area contributed by atoms with Crippen LogP contribution in [-0.2, 0) is 6.18 Å². The molecule has 25 heavy (non-hydrogen) atoms. The highest BCUT2D eigenvalue weighted by Crippen LogP contribution is 2.39. The van der Waals surface area contributed by atoms with E-state index in [0.29, 0.717) is 5.69 Å². The SMILES string of the molecule is C[C@H](O)CNc1ccc2c(C(F)(F)F)c(-c3ccco3)c(=O)[nH]c2c1. The molecule has 0 aliphatic rings. The van der Waals surface area contributed by atoms with Crippen molar-refractivity contribution in [2.75, 3.05) is 11.9 Å². The molecule has 0 aliphatic heterocycles. The minimum Gasteiger partial charge on any atom is -0.464 e. The van der Waals surface area contributed by atoms with Crippen LogP contribution in [0.5, 0.6) is 0 Å². The fourth-order valence-electron chi connectivity index (χ4n) is 2.62. The number of furan rings is 1. The lowest BCUT2D eigenvalue weighted by molar-refractivity contribution is -0.135. The number of aliphatic hydroxyl groups is 1. The molecule has 0 fully saturated rings. The van der Waals surface area contributed by atoms with E-state index in [-0.39, 0.29) is 23.2 Å². The lowest BCUT2D eigenvalue weighted by atomic mass is 10.0. The van der Waals surface area contributed by atoms with E-state index in [1.165, 1.54) is 36.6 Å². The van der Waals surface area contributed by atoms with Crippen LogP contribution < -0.4 is 10.9 Å². The van der Waals surface area contributed by atoms with E-state index in [4.69, 9.17) is 4.42 Å². The third-order valence-electron chi connectivity index (χ3n) is 3.67. The number of aromatic amines is 1. The molecule has 0 bridgehead atoms. The van der Waals surface area contributed by atoms with Crippen LogP contribution in [0.15, 0.2) is 45.8 Å². The van der Waals surface area contributed by atoms with Gasteiger partial charge in [-0.05, 0) is 31.2 Å². The van der Waals surface area contributed by atoms with Crippen LogP contribution in [0.25, 0.3) is 22.2 Å². The van der Waals surface area contributed by atoms with Gasteiger partial charge in [-0.2, -0.15) is 13.2 Å². The number of alkyl halides is 3. The summed E-state index contributed by atoms with van der Waals surface area (Å²) in [6.07, 6.45) is -4.15. The zero-order chi connectivity index (χ0) is 18.2. The monoisotopic (exact) mass is 352 g/mol. The molecule has 0 saturated heterocycles. The molecule has 8 heteroatoms. The summed E-state index contributed by atoms with van der Waals surface area (Å²) in [5.41, 5.74) is -1.94. The first-order valence-electron chi connectivity index (χ1n) is 7.50. The smallest absolute Gasteiger partial charge is 0.417 e. The summed E-state index contributed by atoms with van der Waals surface area (Å²) in [5.74, 6) is -0.146. The van der Waals surface area contributed by atoms with Gasteiger partial charge in [0.2, 0.25) is 0 Å². The highest BCUT2D eigenvalue weighted by molar-refractivity contribution is 5.90. The van der Waals surface area contributed by atoms with Crippen LogP contribution in [0.3, 0.4) is 0 Å². The lowest BCUT2D eigenvalue weighted by Gasteiger charge is -2.15. The zero-order valence-corrected chi connectivity index (χ0v) is 13.1. The van der Waals surface area contributed by atoms with Gasteiger partial charge >= 0.3 is 6.18 Å². The normalized spacial score (nSPS) is 13.2. The second-order valence-electron chi connectivity index (χ2n) is 5.67. The van der Waals surface area contributed by atoms with E-state index in [0.717, 1.165) is 0 Å². The third kappa shape index (κ3) is 3.39. The first kappa shape index (κ1) is 17.1. The predicted molar refractivity (Wildman–Crippen MR) is 87.4 cm³/mol. The second-order valence-corrected chi connectivity index (χ2v) is 5.67. The maximum absolute atomic E-state index is 13.7. The Morgan fingerprint density at radius 2 is 2.08 bits per heavy atom. The molecule has 2 aromatic heterocycles. The van der Waals surface area contributed by atoms with Crippen molar-refractivity contribution >= 4 is 16.6 Å². The number of hydrogen-bond acceptors (Lipinski definition) is 4. The Morgan fingerprint density at radius 3 is 2.68 bits per heavy atom. The van der Waals surface area contributed by atoms with Crippen LogP contribution in [0.2, 0.25) is 0 Å². The number of anilines is 1. The van der Waals surface area contributed by atoms with E-state index >= 15 is 0 Å². The minimum absolute atomic E-state index is 0.0447. The predicted octanol–water partition coefficient (Wildman–Crippen LogP) is 3.60. The summed E-state index contributed by atoms with van der Waals surface area (Å²) in [4.78, 5) is 14.8. The van der Waals surface area contributed by atoms with Crippen molar-refractivity contribution in [1.82, 2.24) is 4.98 Å². The lowest BCUT2D eigenvalue weighted by Crippen LogP contribution is -2.19. The van der Waals surface area contributed by atoms with Gasteiger partial charge < -0.3 is 19.8 Å². The fourth-order valence-corrected chi connectivity index (χ4v) is 2.62. The molecule has 3 aromatic rings. The number of pyridine rings is 1. The van der Waals surface area contributed by atoms with Gasteiger partial charge in [0.25, 0.3) is 5.56 Å². The maximum Gasteiger partial charge on any atom is 0.417 e. The van der Waals surface area contributed by atoms with E-state index in [1.54, 1.807) is 6.92 Å². The molecular formula is C17H15F3N2O3. The summed E-state index contributed by atoms with van der Waals surface area (Å²) in [5, 5.41) is 12.0. The number of hydrogen-bond donors (Lipinski definition) is 3. The third-order valence-corrected chi connectivity index (χ3v) is 3.67. The van der Waals surface area contributed by atoms with Crippen molar-refractivity contribution in [2.45, 2.75) is 19.2 Å². The first-order valence-corrected chi connectivity index (χ1v) is 7.50. The number of aliphatic hydroxyl groups excluding tert-OH is 1. The Bertz CT molecular complexity index is 944. The van der Waals surface area contributed by atoms with E-state index in [2.05, 4.69) is 10.3 Å². The van der Waals surface area contributed by atoms with Gasteiger partial charge in [-0.15, -0.1) is 0 Å². The quantitative estimate of drug-likeness (QED) is 0.670. The average molecular weight is 352 g/mol. The molecule has 132 valence electrons. The van der Waals surface area contributed by atoms with Crippen LogP contribution in [0.4, 0.5) is 18.9 Å². The average Bonchev–Trinajstić information content (AvgIpc) is 3.04. The van der Waals surface area contributed by atoms with Gasteiger partial charge in [0.05, 0.1) is 29.0 Å². The molecule has 0 amide bonds. The van der Waals surface area contributed by atoms with Gasteiger partial charge in [0, 0.05) is 17.6 Å². The van der Waals surface area contributed by atoms with Gasteiger partial charge in [-0.3, -0.25) is 4.79 Å². The molecule has 0 radical (unpaired) electrons. The number of aromatic nitrogens is 1. The van der Waals surface area contributed by atoms with Crippen molar-refractivity contribution in [3.8, 4) is 11.3 Å². The summed E-state index contributed by atoms with van der Waals surface area (Å²) < 4.78 is 46.0. The molecule has 0 unspecified atom stereocenters. The highest BCUT2D eigenvalue weighted by Gasteiger charge is 2.38. The molecule has 0 saturated carbocycles. The number of H-pyrrole nitrogens is 1. The van der Waals surface area contributed by atoms with Gasteiger partial charge in [-0.25, -0.2) is 0 Å². The zero-order valence-electron chi connectivity index (χ0n) is 13.1. The molecule has 5 nitrogen and oxygen atoms in total. The molecule has 2 heterocycles. The Hall–Kier alpha value is -2.74. The van der Waals surface area contributed by atoms with Crippen molar-refractivity contribution < 1.29 is 22.7 Å². The van der Waals surface area contributed by atoms with Crippen molar-refractivity contribution in [3.63, 3.8) is 0 Å². The van der Waals surface area contributed by atoms with Crippen molar-refractivity contribution in [3.05, 3.63) is 52.5 Å². The molecule has 3 N–H and O–H groups in total. The van der Waals surface area contributed by atoms with Gasteiger partial charge in [-0.1, -0.05) is 6.07 Å². The fraction of sp³-hybridized carbons (Fsp3) is 0.235. The van der Waals surface area contributed by atoms with Crippen LogP contribution in [0, 0.1) is 0 Å². The van der Waals surface area contributed by atoms with Crippen molar-refractivity contribution in [1.29, 1.82) is 0 Å². The standard InChI is InChI=1S/C17H15F3N2O3/c1-9(23)8-21-10-4-5-11-12(7-10)22-16(24)14(13-3-2-6-25-13)15(11)17(18,19)20/h2-7,9,21,23H,8H2,1H3,(H,22,24)/t9-/m0/s1. The van der Waals surface area contributed by atoms with E-state index in [9.17, 15) is 23.1 Å². The summed E-state index contributed by atoms with van der Waals surface area (Å²) in [6, 6.07) is 6.88. The number of nitrogens with one attached hydrogen (secondary N) is 2. The molecular weight excluding hydrogens is 337 g/mol. The first-order chi connectivity index (χ1) is 11.8. The Kier molecular flexibility index (Phi) is 4.30. The number of halogens is 3. The summed E-state index contributed by atoms with van der Waals surface area (Å²) >= 11 is 0. The summed E-state index contributed by atoms with van der Waals surface area (Å²) in [6.45, 7) is 1.81. The van der Waals surface area contributed by atoms with Crippen molar-refractivity contribution in [2.24, 2.45) is 0 Å². The summed E-state index contributed by atoms with van der Waals surface area (Å²) in [7, 11) is 0. The Labute approximate surface area is 140 Å². The Morgan fingerprint density at radius 1 is 1.32 bits per heavy atom. The number of benzene rings is 1. The van der Waals surface area contributed by atoms with Crippen LogP contribution >= 0.6 is 0 Å². The minimum atomic E-state index is -4.73. The van der Waals surface area contributed by atoms with E-state index < -0.39 is 29.0 Å². The maximum atomic E-state index is 13.7. The Balaban J connectivity index is 2.24. The second kappa shape index (κ2) is 6.29. The number of rotatable bonds is 4. The molecule has 1 aromatic carbocycles. The van der Waals surface area contributed by atoms with Crippen LogP contribution in [-0.4, -0.2) is 22.7 Å². The van der Waals surface area contributed by atoms with Gasteiger partial charge in [0.15, 0.2) is 0 Å². The van der Waals surface area contributed by atoms with Gasteiger partial charge in [0.1, 0.15) is 5.76 Å². The largest absolute Gasteiger partial charge is 0.464 e. The topological polar surface area (TPSA) is 78.3 Å².